The fraction of sp³-hybridized carbons (Fsp3) is 0.241. The molecule has 1 aliphatic heterocycles. The van der Waals surface area contributed by atoms with Crippen LogP contribution in [0.25, 0.3) is 11.0 Å². The Hall–Kier alpha value is -4.84. The van der Waals surface area contributed by atoms with E-state index in [1.807, 2.05) is 0 Å². The average Bonchev–Trinajstić information content (AvgIpc) is 3.65. The summed E-state index contributed by atoms with van der Waals surface area (Å²) >= 11 is 0.910. The van der Waals surface area contributed by atoms with Gasteiger partial charge in [0, 0.05) is 5.39 Å². The molecule has 1 atom stereocenters. The summed E-state index contributed by atoms with van der Waals surface area (Å²) in [7, 11) is 4.31. The highest BCUT2D eigenvalue weighted by molar-refractivity contribution is 7.17. The number of thiazole rings is 1. The first kappa shape index (κ1) is 27.7. The minimum absolute atomic E-state index is 0.0672. The first-order valence-electron chi connectivity index (χ1n) is 12.5. The maximum Gasteiger partial charge on any atom is 0.350 e. The highest BCUT2D eigenvalue weighted by atomic mass is 32.1. The summed E-state index contributed by atoms with van der Waals surface area (Å²) in [5.74, 6) is -2.21. The number of furan rings is 1. The number of aliphatic hydroxyl groups excluding tert-OH is 1. The Morgan fingerprint density at radius 1 is 1.07 bits per heavy atom. The Bertz CT molecular complexity index is 1660. The van der Waals surface area contributed by atoms with Gasteiger partial charge in [-0.1, -0.05) is 29.5 Å². The van der Waals surface area contributed by atoms with Crippen molar-refractivity contribution < 1.29 is 42.9 Å². The molecule has 2 aromatic heterocycles. The van der Waals surface area contributed by atoms with Crippen LogP contribution < -0.4 is 19.1 Å². The van der Waals surface area contributed by atoms with Crippen molar-refractivity contribution in [1.82, 2.24) is 4.98 Å². The molecule has 1 unspecified atom stereocenters. The van der Waals surface area contributed by atoms with Gasteiger partial charge in [0.05, 0.1) is 45.2 Å². The molecule has 2 aromatic carbocycles. The van der Waals surface area contributed by atoms with Crippen molar-refractivity contribution in [3.8, 4) is 17.2 Å². The number of nitrogens with zero attached hydrogens (tertiary/aromatic N) is 2. The molecule has 0 spiro atoms. The van der Waals surface area contributed by atoms with Gasteiger partial charge in [0.1, 0.15) is 10.5 Å². The summed E-state index contributed by atoms with van der Waals surface area (Å²) in [6.45, 7) is 3.44. The average molecular weight is 579 g/mol. The fourth-order valence-corrected chi connectivity index (χ4v) is 5.69. The van der Waals surface area contributed by atoms with E-state index in [9.17, 15) is 19.5 Å². The summed E-state index contributed by atoms with van der Waals surface area (Å²) < 4.78 is 27.4. The van der Waals surface area contributed by atoms with Crippen molar-refractivity contribution >= 4 is 45.1 Å². The van der Waals surface area contributed by atoms with Crippen LogP contribution >= 0.6 is 11.3 Å². The van der Waals surface area contributed by atoms with Crippen LogP contribution in [0.2, 0.25) is 0 Å². The molecule has 5 rings (SSSR count). The predicted molar refractivity (Wildman–Crippen MR) is 149 cm³/mol. The van der Waals surface area contributed by atoms with Crippen LogP contribution in [0, 0.1) is 6.92 Å². The minimum Gasteiger partial charge on any atom is -0.503 e. The zero-order valence-corrected chi connectivity index (χ0v) is 23.7. The molecule has 41 heavy (non-hydrogen) atoms. The van der Waals surface area contributed by atoms with Crippen LogP contribution in [-0.4, -0.2) is 55.7 Å². The number of anilines is 1. The second-order valence-corrected chi connectivity index (χ2v) is 9.89. The van der Waals surface area contributed by atoms with E-state index >= 15 is 0 Å². The molecule has 4 aromatic rings. The summed E-state index contributed by atoms with van der Waals surface area (Å²) in [5.41, 5.74) is 0.906. The Balaban J connectivity index is 1.71. The quantitative estimate of drug-likeness (QED) is 0.209. The molecule has 1 amide bonds. The van der Waals surface area contributed by atoms with Gasteiger partial charge in [0.2, 0.25) is 11.5 Å². The third kappa shape index (κ3) is 4.65. The molecule has 0 radical (unpaired) electrons. The number of esters is 1. The molecule has 12 heteroatoms. The number of hydrogen-bond acceptors (Lipinski definition) is 11. The number of para-hydroxylation sites is 1. The second-order valence-electron chi connectivity index (χ2n) is 8.91. The van der Waals surface area contributed by atoms with Crippen LogP contribution in [0.4, 0.5) is 5.13 Å². The first-order chi connectivity index (χ1) is 19.7. The zero-order valence-electron chi connectivity index (χ0n) is 22.8. The van der Waals surface area contributed by atoms with Gasteiger partial charge in [-0.2, -0.15) is 0 Å². The highest BCUT2D eigenvalue weighted by Crippen LogP contribution is 2.48. The summed E-state index contributed by atoms with van der Waals surface area (Å²) in [6.07, 6.45) is 0. The molecular formula is C29H26N2O9S. The van der Waals surface area contributed by atoms with E-state index in [-0.39, 0.29) is 39.4 Å². The number of aromatic nitrogens is 1. The Morgan fingerprint density at radius 2 is 1.76 bits per heavy atom. The molecule has 0 aliphatic carbocycles. The lowest BCUT2D eigenvalue weighted by Crippen LogP contribution is -2.31. The lowest BCUT2D eigenvalue weighted by Gasteiger charge is -2.25. The van der Waals surface area contributed by atoms with Crippen LogP contribution in [-0.2, 0) is 9.53 Å². The number of ketones is 1. The van der Waals surface area contributed by atoms with Crippen molar-refractivity contribution in [2.75, 3.05) is 32.8 Å². The van der Waals surface area contributed by atoms with E-state index in [0.717, 1.165) is 16.2 Å². The van der Waals surface area contributed by atoms with Crippen LogP contribution in [0.5, 0.6) is 17.2 Å². The molecule has 1 aliphatic rings. The van der Waals surface area contributed by atoms with E-state index < -0.39 is 29.5 Å². The van der Waals surface area contributed by atoms with E-state index in [1.165, 1.54) is 21.3 Å². The SMILES string of the molecule is CCOC(=O)c1sc(N2C(=O)C(O)=C(C(=O)c3cc4ccccc4o3)C2c2cc(OC)c(OC)c(OC)c2)nc1C. The first-order valence-corrected chi connectivity index (χ1v) is 13.3. The van der Waals surface area contributed by atoms with Crippen LogP contribution in [0.15, 0.2) is 58.2 Å². The Labute approximate surface area is 238 Å². The maximum atomic E-state index is 14.0. The van der Waals surface area contributed by atoms with Gasteiger partial charge in [0.25, 0.3) is 5.91 Å². The molecule has 1 N–H and O–H groups in total. The third-order valence-electron chi connectivity index (χ3n) is 6.56. The summed E-state index contributed by atoms with van der Waals surface area (Å²) in [6, 6.07) is 10.5. The molecule has 0 saturated heterocycles. The number of aliphatic hydroxyl groups is 1. The maximum absolute atomic E-state index is 14.0. The van der Waals surface area contributed by atoms with E-state index in [0.29, 0.717) is 28.0 Å². The summed E-state index contributed by atoms with van der Waals surface area (Å²) in [5, 5.41) is 11.9. The highest BCUT2D eigenvalue weighted by Gasteiger charge is 2.47. The number of rotatable bonds is 9. The van der Waals surface area contributed by atoms with Gasteiger partial charge in [-0.15, -0.1) is 0 Å². The number of hydrogen-bond donors (Lipinski definition) is 1. The lowest BCUT2D eigenvalue weighted by molar-refractivity contribution is -0.117. The molecule has 212 valence electrons. The minimum atomic E-state index is -1.20. The normalized spacial score (nSPS) is 15.0. The molecule has 0 bridgehead atoms. The van der Waals surface area contributed by atoms with E-state index in [1.54, 1.807) is 56.3 Å². The van der Waals surface area contributed by atoms with Crippen molar-refractivity contribution in [3.05, 3.63) is 75.7 Å². The van der Waals surface area contributed by atoms with Gasteiger partial charge in [-0.3, -0.25) is 14.5 Å². The number of fused-ring (bicyclic) bond motifs is 1. The number of carbonyl (C=O) groups excluding carboxylic acids is 3. The van der Waals surface area contributed by atoms with Crippen LogP contribution in [0.1, 0.15) is 44.4 Å². The van der Waals surface area contributed by atoms with Crippen molar-refractivity contribution in [2.24, 2.45) is 0 Å². The van der Waals surface area contributed by atoms with E-state index in [2.05, 4.69) is 4.98 Å². The van der Waals surface area contributed by atoms with E-state index in [4.69, 9.17) is 23.4 Å². The predicted octanol–water partition coefficient (Wildman–Crippen LogP) is 5.18. The van der Waals surface area contributed by atoms with Gasteiger partial charge >= 0.3 is 5.97 Å². The third-order valence-corrected chi connectivity index (χ3v) is 7.69. The Morgan fingerprint density at radius 3 is 2.37 bits per heavy atom. The fourth-order valence-electron chi connectivity index (χ4n) is 4.71. The monoisotopic (exact) mass is 578 g/mol. The standard InChI is InChI=1S/C29H26N2O9S/c1-6-39-28(35)26-14(2)30-29(41-26)31-22(16-12-19(36-3)25(38-5)20(13-16)37-4)21(24(33)27(31)34)23(32)18-11-15-9-7-8-10-17(15)40-18/h7-13,22,33H,6H2,1-5H3. The van der Waals surface area contributed by atoms with Crippen molar-refractivity contribution in [2.45, 2.75) is 19.9 Å². The smallest absolute Gasteiger partial charge is 0.350 e. The van der Waals surface area contributed by atoms with Gasteiger partial charge in [-0.25, -0.2) is 9.78 Å². The van der Waals surface area contributed by atoms with Gasteiger partial charge in [-0.05, 0) is 43.7 Å². The van der Waals surface area contributed by atoms with Crippen molar-refractivity contribution in [3.63, 3.8) is 0 Å². The molecular weight excluding hydrogens is 552 g/mol. The lowest BCUT2D eigenvalue weighted by atomic mass is 9.94. The molecule has 11 nitrogen and oxygen atoms in total. The number of aryl methyl sites for hydroxylation is 1. The van der Waals surface area contributed by atoms with Gasteiger partial charge in [0.15, 0.2) is 28.1 Å². The zero-order chi connectivity index (χ0) is 29.4. The number of amides is 1. The van der Waals surface area contributed by atoms with Gasteiger partial charge < -0.3 is 28.5 Å². The number of methoxy groups -OCH3 is 3. The molecule has 3 heterocycles. The second kappa shape index (κ2) is 11.0. The number of benzene rings is 2. The molecule has 0 saturated carbocycles. The topological polar surface area (TPSA) is 138 Å². The molecule has 0 fully saturated rings. The largest absolute Gasteiger partial charge is 0.503 e. The van der Waals surface area contributed by atoms with Crippen molar-refractivity contribution in [1.29, 1.82) is 0 Å². The number of carbonyl (C=O) groups is 3. The Kier molecular flexibility index (Phi) is 7.41. The van der Waals surface area contributed by atoms with Crippen LogP contribution in [0.3, 0.4) is 0 Å². The number of Topliss-reactive ketones (excluding diaryl/α,β-unsaturated/α-hetero) is 1. The summed E-state index contributed by atoms with van der Waals surface area (Å²) in [4.78, 5) is 45.9. The number of ether oxygens (including phenoxy) is 4.